The minimum atomic E-state index is 0.737. The van der Waals surface area contributed by atoms with Crippen molar-refractivity contribution in [3.8, 4) is 44.5 Å². The second-order valence-electron chi connectivity index (χ2n) is 7.75. The highest BCUT2D eigenvalue weighted by molar-refractivity contribution is 9.11. The molecule has 5 aromatic rings. The van der Waals surface area contributed by atoms with E-state index in [1.807, 2.05) is 30.3 Å². The van der Waals surface area contributed by atoms with Gasteiger partial charge in [0.25, 0.3) is 0 Å². The highest BCUT2D eigenvalue weighted by Gasteiger charge is 2.19. The lowest BCUT2D eigenvalue weighted by Crippen LogP contribution is -1.94. The third-order valence-electron chi connectivity index (χ3n) is 5.71. The Hall–Kier alpha value is -2.65. The SMILES string of the molecule is Clc1ccccc1-c1cc(-c2ccccc2Br)c(-c2ccccc2)c(-c2ccccc2Br)c1. The van der Waals surface area contributed by atoms with Crippen molar-refractivity contribution < 1.29 is 0 Å². The second kappa shape index (κ2) is 9.69. The first-order valence-corrected chi connectivity index (χ1v) is 12.6. The molecule has 0 fully saturated rings. The van der Waals surface area contributed by atoms with Gasteiger partial charge >= 0.3 is 0 Å². The van der Waals surface area contributed by atoms with Crippen molar-refractivity contribution in [1.29, 1.82) is 0 Å². The zero-order valence-electron chi connectivity index (χ0n) is 17.6. The molecule has 0 radical (unpaired) electrons. The van der Waals surface area contributed by atoms with E-state index in [0.717, 1.165) is 47.3 Å². The van der Waals surface area contributed by atoms with E-state index in [4.69, 9.17) is 11.6 Å². The summed E-state index contributed by atoms with van der Waals surface area (Å²) >= 11 is 14.2. The number of halogens is 3. The molecule has 0 N–H and O–H groups in total. The van der Waals surface area contributed by atoms with E-state index in [9.17, 15) is 0 Å². The zero-order chi connectivity index (χ0) is 22.8. The van der Waals surface area contributed by atoms with Crippen molar-refractivity contribution in [2.24, 2.45) is 0 Å². The van der Waals surface area contributed by atoms with Crippen molar-refractivity contribution in [1.82, 2.24) is 0 Å². The van der Waals surface area contributed by atoms with Crippen molar-refractivity contribution >= 4 is 43.5 Å². The van der Waals surface area contributed by atoms with Crippen molar-refractivity contribution in [2.45, 2.75) is 0 Å². The third-order valence-corrected chi connectivity index (χ3v) is 7.43. The zero-order valence-corrected chi connectivity index (χ0v) is 21.5. The Morgan fingerprint density at radius 3 is 1.39 bits per heavy atom. The summed E-state index contributed by atoms with van der Waals surface area (Å²) in [6.45, 7) is 0. The molecule has 160 valence electrons. The van der Waals surface area contributed by atoms with E-state index in [-0.39, 0.29) is 0 Å². The van der Waals surface area contributed by atoms with Gasteiger partial charge in [-0.15, -0.1) is 0 Å². The Kier molecular flexibility index (Phi) is 6.50. The Labute approximate surface area is 216 Å². The molecule has 0 nitrogen and oxygen atoms in total. The summed E-state index contributed by atoms with van der Waals surface area (Å²) in [7, 11) is 0. The Morgan fingerprint density at radius 2 is 0.879 bits per heavy atom. The lowest BCUT2D eigenvalue weighted by molar-refractivity contribution is 1.52. The predicted octanol–water partition coefficient (Wildman–Crippen LogP) is 10.5. The van der Waals surface area contributed by atoms with Gasteiger partial charge in [-0.05, 0) is 69.3 Å². The number of benzene rings is 5. The van der Waals surface area contributed by atoms with Crippen LogP contribution in [0.3, 0.4) is 0 Å². The van der Waals surface area contributed by atoms with Crippen LogP contribution in [0, 0.1) is 0 Å². The molecule has 0 spiro atoms. The smallest absolute Gasteiger partial charge is 0.0484 e. The summed E-state index contributed by atoms with van der Waals surface area (Å²) in [5.41, 5.74) is 9.02. The number of hydrogen-bond acceptors (Lipinski definition) is 0. The van der Waals surface area contributed by atoms with Crippen LogP contribution in [-0.2, 0) is 0 Å². The maximum atomic E-state index is 6.66. The lowest BCUT2D eigenvalue weighted by Gasteiger charge is -2.20. The molecule has 0 unspecified atom stereocenters. The maximum Gasteiger partial charge on any atom is 0.0484 e. The van der Waals surface area contributed by atoms with Gasteiger partial charge < -0.3 is 0 Å². The van der Waals surface area contributed by atoms with Crippen LogP contribution in [0.1, 0.15) is 0 Å². The van der Waals surface area contributed by atoms with Crippen LogP contribution in [0.2, 0.25) is 5.02 Å². The molecule has 5 aromatic carbocycles. The van der Waals surface area contributed by atoms with Crippen LogP contribution in [0.5, 0.6) is 0 Å². The van der Waals surface area contributed by atoms with Crippen LogP contribution in [0.25, 0.3) is 44.5 Å². The van der Waals surface area contributed by atoms with Gasteiger partial charge in [-0.2, -0.15) is 0 Å². The predicted molar refractivity (Wildman–Crippen MR) is 149 cm³/mol. The highest BCUT2D eigenvalue weighted by atomic mass is 79.9. The van der Waals surface area contributed by atoms with Gasteiger partial charge in [0, 0.05) is 19.5 Å². The lowest BCUT2D eigenvalue weighted by atomic mass is 9.84. The first kappa shape index (κ1) is 22.2. The van der Waals surface area contributed by atoms with Gasteiger partial charge in [-0.25, -0.2) is 0 Å². The fourth-order valence-corrected chi connectivity index (χ4v) is 5.43. The van der Waals surface area contributed by atoms with Gasteiger partial charge in [-0.3, -0.25) is 0 Å². The fraction of sp³-hybridized carbons (Fsp3) is 0. The summed E-state index contributed by atoms with van der Waals surface area (Å²) in [5, 5.41) is 0.737. The van der Waals surface area contributed by atoms with Crippen molar-refractivity contribution in [3.63, 3.8) is 0 Å². The Morgan fingerprint density at radius 1 is 0.424 bits per heavy atom. The molecule has 3 heteroatoms. The Bertz CT molecular complexity index is 1370. The molecule has 33 heavy (non-hydrogen) atoms. The van der Waals surface area contributed by atoms with Crippen LogP contribution >= 0.6 is 43.5 Å². The normalized spacial score (nSPS) is 10.9. The van der Waals surface area contributed by atoms with Gasteiger partial charge in [-0.1, -0.05) is 128 Å². The molecular weight excluding hydrogens is 556 g/mol. The van der Waals surface area contributed by atoms with E-state index in [1.54, 1.807) is 0 Å². The molecule has 0 amide bonds. The maximum absolute atomic E-state index is 6.66. The van der Waals surface area contributed by atoms with Crippen LogP contribution < -0.4 is 0 Å². The monoisotopic (exact) mass is 572 g/mol. The molecule has 0 bridgehead atoms. The van der Waals surface area contributed by atoms with Crippen LogP contribution in [0.15, 0.2) is 124 Å². The summed E-state index contributed by atoms with van der Waals surface area (Å²) < 4.78 is 2.10. The highest BCUT2D eigenvalue weighted by Crippen LogP contribution is 2.46. The fourth-order valence-electron chi connectivity index (χ4n) is 4.19. The van der Waals surface area contributed by atoms with E-state index in [2.05, 4.69) is 117 Å². The largest absolute Gasteiger partial charge is 0.0837 e. The first-order chi connectivity index (χ1) is 16.1. The summed E-state index contributed by atoms with van der Waals surface area (Å²) in [5.74, 6) is 0. The minimum absolute atomic E-state index is 0.737. The molecule has 0 aliphatic heterocycles. The molecule has 0 saturated heterocycles. The molecule has 0 aromatic heterocycles. The van der Waals surface area contributed by atoms with Crippen molar-refractivity contribution in [3.05, 3.63) is 129 Å². The average Bonchev–Trinajstić information content (AvgIpc) is 2.85. The number of hydrogen-bond donors (Lipinski definition) is 0. The van der Waals surface area contributed by atoms with Gasteiger partial charge in [0.15, 0.2) is 0 Å². The average molecular weight is 575 g/mol. The summed E-state index contributed by atoms with van der Waals surface area (Å²) in [6.07, 6.45) is 0. The standard InChI is InChI=1S/C30H19Br2Cl/c31-27-15-7-4-13-23(27)25-18-21(22-12-6-9-17-29(22)33)19-26(24-14-5-8-16-28(24)32)30(25)20-10-2-1-3-11-20/h1-19H. The molecule has 0 aliphatic rings. The van der Waals surface area contributed by atoms with Gasteiger partial charge in [0.05, 0.1) is 0 Å². The molecular formula is C30H19Br2Cl. The quantitative estimate of drug-likeness (QED) is 0.200. The first-order valence-electron chi connectivity index (χ1n) is 10.6. The van der Waals surface area contributed by atoms with Crippen molar-refractivity contribution in [2.75, 3.05) is 0 Å². The van der Waals surface area contributed by atoms with E-state index >= 15 is 0 Å². The summed E-state index contributed by atoms with van der Waals surface area (Å²) in [6, 6.07) is 39.8. The van der Waals surface area contributed by atoms with Gasteiger partial charge in [0.2, 0.25) is 0 Å². The third kappa shape index (κ3) is 4.44. The molecule has 0 heterocycles. The minimum Gasteiger partial charge on any atom is -0.0837 e. The number of rotatable bonds is 4. The second-order valence-corrected chi connectivity index (χ2v) is 9.87. The van der Waals surface area contributed by atoms with Crippen LogP contribution in [-0.4, -0.2) is 0 Å². The molecule has 0 atom stereocenters. The topological polar surface area (TPSA) is 0 Å². The van der Waals surface area contributed by atoms with E-state index < -0.39 is 0 Å². The van der Waals surface area contributed by atoms with E-state index in [0.29, 0.717) is 0 Å². The molecule has 0 saturated carbocycles. The van der Waals surface area contributed by atoms with Gasteiger partial charge in [0.1, 0.15) is 0 Å². The molecule has 0 aliphatic carbocycles. The summed E-state index contributed by atoms with van der Waals surface area (Å²) in [4.78, 5) is 0. The Balaban J connectivity index is 1.94. The molecule has 5 rings (SSSR count). The van der Waals surface area contributed by atoms with Crippen LogP contribution in [0.4, 0.5) is 0 Å². The van der Waals surface area contributed by atoms with E-state index in [1.165, 1.54) is 11.1 Å².